The molecular formula is C20H24ClN7. The Labute approximate surface area is 170 Å². The lowest BCUT2D eigenvalue weighted by atomic mass is 9.79. The molecule has 0 N–H and O–H groups in total. The highest BCUT2D eigenvalue weighted by Gasteiger charge is 2.30. The Kier molecular flexibility index (Phi) is 5.58. The molecule has 0 radical (unpaired) electrons. The number of piperidine rings is 2. The van der Waals surface area contributed by atoms with Crippen LogP contribution in [-0.2, 0) is 0 Å². The first-order valence-corrected chi connectivity index (χ1v) is 10.2. The highest BCUT2D eigenvalue weighted by molar-refractivity contribution is 6.29. The van der Waals surface area contributed by atoms with E-state index in [9.17, 15) is 0 Å². The van der Waals surface area contributed by atoms with Crippen LogP contribution in [0.1, 0.15) is 37.2 Å². The summed E-state index contributed by atoms with van der Waals surface area (Å²) < 4.78 is 0. The molecule has 28 heavy (non-hydrogen) atoms. The van der Waals surface area contributed by atoms with Gasteiger partial charge in [-0.25, -0.2) is 19.9 Å². The number of aromatic nitrogens is 4. The molecule has 2 aliphatic rings. The zero-order chi connectivity index (χ0) is 19.5. The van der Waals surface area contributed by atoms with Gasteiger partial charge in [-0.1, -0.05) is 11.6 Å². The molecule has 2 saturated heterocycles. The fraction of sp³-hybridized carbons (Fsp3) is 0.550. The predicted molar refractivity (Wildman–Crippen MR) is 108 cm³/mol. The summed E-state index contributed by atoms with van der Waals surface area (Å²) in [6.07, 6.45) is 8.12. The van der Waals surface area contributed by atoms with Crippen LogP contribution in [-0.4, -0.2) is 46.1 Å². The predicted octanol–water partition coefficient (Wildman–Crippen LogP) is 3.23. The van der Waals surface area contributed by atoms with Gasteiger partial charge in [-0.2, -0.15) is 5.26 Å². The molecule has 2 aromatic heterocycles. The van der Waals surface area contributed by atoms with Gasteiger partial charge in [-0.15, -0.1) is 0 Å². The molecular weight excluding hydrogens is 374 g/mol. The topological polar surface area (TPSA) is 81.8 Å². The Bertz CT molecular complexity index is 848. The summed E-state index contributed by atoms with van der Waals surface area (Å²) in [6, 6.07) is 4.04. The first kappa shape index (κ1) is 18.9. The summed E-state index contributed by atoms with van der Waals surface area (Å²) in [5.74, 6) is 3.59. The number of aryl methyl sites for hydroxylation is 1. The van der Waals surface area contributed by atoms with Crippen molar-refractivity contribution >= 4 is 23.2 Å². The van der Waals surface area contributed by atoms with Gasteiger partial charge in [0.2, 0.25) is 5.82 Å². The van der Waals surface area contributed by atoms with Crippen molar-refractivity contribution in [1.29, 1.82) is 5.26 Å². The van der Waals surface area contributed by atoms with Crippen molar-refractivity contribution in [2.75, 3.05) is 36.0 Å². The molecule has 8 heteroatoms. The van der Waals surface area contributed by atoms with Crippen molar-refractivity contribution in [3.8, 4) is 6.07 Å². The molecule has 0 unspecified atom stereocenters. The zero-order valence-corrected chi connectivity index (χ0v) is 16.8. The summed E-state index contributed by atoms with van der Waals surface area (Å²) in [7, 11) is 0. The van der Waals surface area contributed by atoms with Gasteiger partial charge in [-0.05, 0) is 44.4 Å². The Morgan fingerprint density at radius 2 is 1.54 bits per heavy atom. The zero-order valence-electron chi connectivity index (χ0n) is 16.1. The minimum atomic E-state index is 0.259. The summed E-state index contributed by atoms with van der Waals surface area (Å²) in [5, 5.41) is 9.54. The highest BCUT2D eigenvalue weighted by Crippen LogP contribution is 2.34. The second-order valence-electron chi connectivity index (χ2n) is 7.65. The van der Waals surface area contributed by atoms with Gasteiger partial charge in [0.1, 0.15) is 22.9 Å². The maximum absolute atomic E-state index is 9.10. The molecule has 0 bridgehead atoms. The fourth-order valence-electron chi connectivity index (χ4n) is 4.43. The highest BCUT2D eigenvalue weighted by atomic mass is 35.5. The smallest absolute Gasteiger partial charge is 0.234 e. The van der Waals surface area contributed by atoms with Gasteiger partial charge in [-0.3, -0.25) is 0 Å². The minimum absolute atomic E-state index is 0.259. The van der Waals surface area contributed by atoms with Gasteiger partial charge in [0.15, 0.2) is 0 Å². The monoisotopic (exact) mass is 397 g/mol. The molecule has 4 rings (SSSR count). The van der Waals surface area contributed by atoms with E-state index in [1.807, 2.05) is 13.0 Å². The SMILES string of the molecule is Cc1cc(N2CCC(C3CCN(c4cnc(Cl)cn4)CC3)CC2)nc(C#N)n1. The average molecular weight is 398 g/mol. The van der Waals surface area contributed by atoms with E-state index in [-0.39, 0.29) is 5.82 Å². The van der Waals surface area contributed by atoms with E-state index in [1.165, 1.54) is 25.7 Å². The summed E-state index contributed by atoms with van der Waals surface area (Å²) in [5.41, 5.74) is 0.848. The van der Waals surface area contributed by atoms with Crippen LogP contribution in [0.25, 0.3) is 0 Å². The standard InChI is InChI=1S/C20H24ClN7/c1-14-10-19(26-18(11-22)25-14)27-6-2-15(3-7-27)16-4-8-28(9-5-16)20-13-23-17(21)12-24-20/h10,12-13,15-16H,2-9H2,1H3. The third kappa shape index (κ3) is 4.17. The molecule has 7 nitrogen and oxygen atoms in total. The lowest BCUT2D eigenvalue weighted by Crippen LogP contribution is -2.41. The van der Waals surface area contributed by atoms with Gasteiger partial charge >= 0.3 is 0 Å². The Morgan fingerprint density at radius 1 is 0.929 bits per heavy atom. The van der Waals surface area contributed by atoms with E-state index in [2.05, 4.69) is 35.8 Å². The summed E-state index contributed by atoms with van der Waals surface area (Å²) in [4.78, 5) is 21.7. The molecule has 2 fully saturated rings. The second kappa shape index (κ2) is 8.27. The lowest BCUT2D eigenvalue weighted by molar-refractivity contribution is 0.232. The van der Waals surface area contributed by atoms with Gasteiger partial charge in [0.25, 0.3) is 0 Å². The molecule has 0 saturated carbocycles. The van der Waals surface area contributed by atoms with Crippen LogP contribution in [0.2, 0.25) is 5.15 Å². The largest absolute Gasteiger partial charge is 0.356 e. The molecule has 146 valence electrons. The number of hydrogen-bond donors (Lipinski definition) is 0. The van der Waals surface area contributed by atoms with Gasteiger partial charge in [0, 0.05) is 37.9 Å². The van der Waals surface area contributed by atoms with E-state index in [4.69, 9.17) is 16.9 Å². The van der Waals surface area contributed by atoms with E-state index in [1.54, 1.807) is 12.4 Å². The van der Waals surface area contributed by atoms with E-state index >= 15 is 0 Å². The first-order chi connectivity index (χ1) is 13.6. The second-order valence-corrected chi connectivity index (χ2v) is 8.04. The summed E-state index contributed by atoms with van der Waals surface area (Å²) in [6.45, 7) is 5.96. The quantitative estimate of drug-likeness (QED) is 0.786. The molecule has 0 spiro atoms. The van der Waals surface area contributed by atoms with Crippen LogP contribution < -0.4 is 9.80 Å². The molecule has 0 aromatic carbocycles. The van der Waals surface area contributed by atoms with Crippen molar-refractivity contribution in [3.63, 3.8) is 0 Å². The van der Waals surface area contributed by atoms with E-state index in [0.29, 0.717) is 5.15 Å². The van der Waals surface area contributed by atoms with Crippen LogP contribution in [0, 0.1) is 30.1 Å². The maximum atomic E-state index is 9.10. The number of nitriles is 1. The number of hydrogen-bond acceptors (Lipinski definition) is 7. The van der Waals surface area contributed by atoms with E-state index in [0.717, 1.165) is 55.3 Å². The lowest BCUT2D eigenvalue weighted by Gasteiger charge is -2.40. The number of halogens is 1. The Morgan fingerprint density at radius 3 is 2.07 bits per heavy atom. The van der Waals surface area contributed by atoms with Crippen molar-refractivity contribution in [2.45, 2.75) is 32.6 Å². The van der Waals surface area contributed by atoms with Crippen LogP contribution in [0.5, 0.6) is 0 Å². The van der Waals surface area contributed by atoms with Crippen LogP contribution in [0.4, 0.5) is 11.6 Å². The third-order valence-electron chi connectivity index (χ3n) is 5.94. The third-order valence-corrected chi connectivity index (χ3v) is 6.14. The molecule has 0 atom stereocenters. The Hall–Kier alpha value is -2.46. The van der Waals surface area contributed by atoms with Gasteiger partial charge < -0.3 is 9.80 Å². The minimum Gasteiger partial charge on any atom is -0.356 e. The molecule has 4 heterocycles. The van der Waals surface area contributed by atoms with Crippen molar-refractivity contribution < 1.29 is 0 Å². The van der Waals surface area contributed by atoms with Crippen molar-refractivity contribution in [3.05, 3.63) is 35.1 Å². The van der Waals surface area contributed by atoms with Gasteiger partial charge in [0.05, 0.1) is 12.4 Å². The summed E-state index contributed by atoms with van der Waals surface area (Å²) >= 11 is 5.84. The number of anilines is 2. The molecule has 0 aliphatic carbocycles. The number of nitrogens with zero attached hydrogens (tertiary/aromatic N) is 7. The maximum Gasteiger partial charge on any atom is 0.234 e. The van der Waals surface area contributed by atoms with Crippen LogP contribution in [0.15, 0.2) is 18.5 Å². The Balaban J connectivity index is 1.31. The van der Waals surface area contributed by atoms with Crippen LogP contribution in [0.3, 0.4) is 0 Å². The molecule has 0 amide bonds. The molecule has 2 aliphatic heterocycles. The average Bonchev–Trinajstić information content (AvgIpc) is 2.74. The first-order valence-electron chi connectivity index (χ1n) is 9.85. The van der Waals surface area contributed by atoms with E-state index < -0.39 is 0 Å². The molecule has 2 aromatic rings. The van der Waals surface area contributed by atoms with Crippen LogP contribution >= 0.6 is 11.6 Å². The van der Waals surface area contributed by atoms with Crippen molar-refractivity contribution in [2.24, 2.45) is 11.8 Å². The number of rotatable bonds is 3. The normalized spacial score (nSPS) is 18.9. The van der Waals surface area contributed by atoms with Crippen molar-refractivity contribution in [1.82, 2.24) is 19.9 Å². The fourth-order valence-corrected chi connectivity index (χ4v) is 4.53.